The van der Waals surface area contributed by atoms with E-state index in [1.54, 1.807) is 41.3 Å². The molecule has 1 saturated heterocycles. The van der Waals surface area contributed by atoms with Gasteiger partial charge in [0.1, 0.15) is 5.82 Å². The van der Waals surface area contributed by atoms with Crippen LogP contribution in [0.1, 0.15) is 28.8 Å². The van der Waals surface area contributed by atoms with E-state index < -0.39 is 0 Å². The molecule has 0 bridgehead atoms. The molecular formula is C20H20ClFN2O2. The summed E-state index contributed by atoms with van der Waals surface area (Å²) in [5, 5.41) is 3.46. The van der Waals surface area contributed by atoms with Gasteiger partial charge in [-0.3, -0.25) is 9.59 Å². The van der Waals surface area contributed by atoms with Crippen LogP contribution in [-0.4, -0.2) is 29.8 Å². The molecule has 1 aliphatic rings. The number of hydrogen-bond acceptors (Lipinski definition) is 2. The van der Waals surface area contributed by atoms with Crippen LogP contribution in [0.2, 0.25) is 5.02 Å². The third-order valence-electron chi connectivity index (χ3n) is 4.55. The van der Waals surface area contributed by atoms with Crippen molar-refractivity contribution in [2.24, 2.45) is 5.92 Å². The van der Waals surface area contributed by atoms with E-state index in [0.717, 1.165) is 18.4 Å². The van der Waals surface area contributed by atoms with Crippen molar-refractivity contribution in [2.45, 2.75) is 19.4 Å². The zero-order valence-corrected chi connectivity index (χ0v) is 15.0. The van der Waals surface area contributed by atoms with Gasteiger partial charge >= 0.3 is 0 Å². The summed E-state index contributed by atoms with van der Waals surface area (Å²) in [5.74, 6) is -0.704. The molecule has 0 aromatic heterocycles. The molecule has 1 fully saturated rings. The zero-order valence-electron chi connectivity index (χ0n) is 14.3. The van der Waals surface area contributed by atoms with E-state index in [9.17, 15) is 14.0 Å². The van der Waals surface area contributed by atoms with Gasteiger partial charge in [0.25, 0.3) is 5.91 Å². The van der Waals surface area contributed by atoms with Crippen molar-refractivity contribution >= 4 is 23.4 Å². The smallest absolute Gasteiger partial charge is 0.253 e. The van der Waals surface area contributed by atoms with Crippen molar-refractivity contribution in [3.05, 3.63) is 70.5 Å². The number of likely N-dealkylation sites (tertiary alicyclic amines) is 1. The first kappa shape index (κ1) is 18.4. The molecule has 0 radical (unpaired) electrons. The number of nitrogens with one attached hydrogen (secondary N) is 1. The SMILES string of the molecule is O=C(NCc1ccc(F)cc1)C1CCCN(C(=O)c2ccc(Cl)cc2)C1. The van der Waals surface area contributed by atoms with E-state index in [1.165, 1.54) is 12.1 Å². The van der Waals surface area contributed by atoms with Crippen LogP contribution in [0.3, 0.4) is 0 Å². The van der Waals surface area contributed by atoms with Crippen molar-refractivity contribution in [3.8, 4) is 0 Å². The van der Waals surface area contributed by atoms with E-state index in [0.29, 0.717) is 30.2 Å². The molecule has 0 spiro atoms. The van der Waals surface area contributed by atoms with Gasteiger partial charge in [-0.05, 0) is 54.8 Å². The van der Waals surface area contributed by atoms with Gasteiger partial charge < -0.3 is 10.2 Å². The Morgan fingerprint density at radius 2 is 1.81 bits per heavy atom. The highest BCUT2D eigenvalue weighted by Crippen LogP contribution is 2.20. The van der Waals surface area contributed by atoms with E-state index in [-0.39, 0.29) is 23.5 Å². The van der Waals surface area contributed by atoms with E-state index in [4.69, 9.17) is 11.6 Å². The Labute approximate surface area is 157 Å². The summed E-state index contributed by atoms with van der Waals surface area (Å²) in [6.07, 6.45) is 1.54. The van der Waals surface area contributed by atoms with Gasteiger partial charge in [-0.1, -0.05) is 23.7 Å². The standard InChI is InChI=1S/C20H20ClFN2O2/c21-17-7-5-15(6-8-17)20(26)24-11-1-2-16(13-24)19(25)23-12-14-3-9-18(22)10-4-14/h3-10,16H,1-2,11-13H2,(H,23,25). The first-order valence-electron chi connectivity index (χ1n) is 8.60. The van der Waals surface area contributed by atoms with Crippen LogP contribution in [0, 0.1) is 11.7 Å². The Balaban J connectivity index is 1.57. The monoisotopic (exact) mass is 374 g/mol. The minimum atomic E-state index is -0.302. The molecule has 1 atom stereocenters. The van der Waals surface area contributed by atoms with Crippen LogP contribution in [0.15, 0.2) is 48.5 Å². The lowest BCUT2D eigenvalue weighted by Gasteiger charge is -2.32. The molecular weight excluding hydrogens is 355 g/mol. The van der Waals surface area contributed by atoms with E-state index in [2.05, 4.69) is 5.32 Å². The molecule has 1 unspecified atom stereocenters. The van der Waals surface area contributed by atoms with Crippen molar-refractivity contribution in [3.63, 3.8) is 0 Å². The molecule has 0 saturated carbocycles. The van der Waals surface area contributed by atoms with Crippen LogP contribution in [-0.2, 0) is 11.3 Å². The topological polar surface area (TPSA) is 49.4 Å². The average Bonchev–Trinajstić information content (AvgIpc) is 2.67. The largest absolute Gasteiger partial charge is 0.352 e. The summed E-state index contributed by atoms with van der Waals surface area (Å²) in [5.41, 5.74) is 1.41. The van der Waals surface area contributed by atoms with Gasteiger partial charge in [0.15, 0.2) is 0 Å². The molecule has 1 N–H and O–H groups in total. The Morgan fingerprint density at radius 1 is 1.12 bits per heavy atom. The molecule has 2 aromatic rings. The predicted octanol–water partition coefficient (Wildman–Crippen LogP) is 3.65. The summed E-state index contributed by atoms with van der Waals surface area (Å²) in [6, 6.07) is 12.8. The predicted molar refractivity (Wildman–Crippen MR) is 98.3 cm³/mol. The number of halogens is 2. The maximum atomic E-state index is 12.9. The van der Waals surface area contributed by atoms with Gasteiger partial charge in [0, 0.05) is 30.2 Å². The Hall–Kier alpha value is -2.40. The Kier molecular flexibility index (Phi) is 5.89. The number of nitrogens with zero attached hydrogens (tertiary/aromatic N) is 1. The summed E-state index contributed by atoms with van der Waals surface area (Å²) < 4.78 is 12.9. The highest BCUT2D eigenvalue weighted by Gasteiger charge is 2.28. The molecule has 2 amide bonds. The van der Waals surface area contributed by atoms with Gasteiger partial charge in [-0.2, -0.15) is 0 Å². The van der Waals surface area contributed by atoms with E-state index >= 15 is 0 Å². The lowest BCUT2D eigenvalue weighted by atomic mass is 9.96. The van der Waals surface area contributed by atoms with Crippen LogP contribution < -0.4 is 5.32 Å². The van der Waals surface area contributed by atoms with Crippen LogP contribution in [0.5, 0.6) is 0 Å². The van der Waals surface area contributed by atoms with Crippen molar-refractivity contribution < 1.29 is 14.0 Å². The first-order chi connectivity index (χ1) is 12.5. The van der Waals surface area contributed by atoms with Crippen LogP contribution in [0.25, 0.3) is 0 Å². The molecule has 3 rings (SSSR count). The second-order valence-electron chi connectivity index (χ2n) is 6.44. The fraction of sp³-hybridized carbons (Fsp3) is 0.300. The lowest BCUT2D eigenvalue weighted by Crippen LogP contribution is -2.45. The average molecular weight is 375 g/mol. The fourth-order valence-electron chi connectivity index (χ4n) is 3.09. The quantitative estimate of drug-likeness (QED) is 0.888. The zero-order chi connectivity index (χ0) is 18.5. The third kappa shape index (κ3) is 4.61. The maximum absolute atomic E-state index is 12.9. The van der Waals surface area contributed by atoms with Crippen molar-refractivity contribution in [1.82, 2.24) is 10.2 Å². The molecule has 136 valence electrons. The molecule has 4 nitrogen and oxygen atoms in total. The van der Waals surface area contributed by atoms with Crippen LogP contribution in [0.4, 0.5) is 4.39 Å². The Morgan fingerprint density at radius 3 is 2.50 bits per heavy atom. The summed E-state index contributed by atoms with van der Waals surface area (Å²) in [4.78, 5) is 26.8. The van der Waals surface area contributed by atoms with Crippen molar-refractivity contribution in [2.75, 3.05) is 13.1 Å². The molecule has 1 heterocycles. The third-order valence-corrected chi connectivity index (χ3v) is 4.80. The van der Waals surface area contributed by atoms with Crippen LogP contribution >= 0.6 is 11.6 Å². The highest BCUT2D eigenvalue weighted by molar-refractivity contribution is 6.30. The van der Waals surface area contributed by atoms with Gasteiger partial charge in [-0.25, -0.2) is 4.39 Å². The minimum absolute atomic E-state index is 0.0806. The molecule has 6 heteroatoms. The number of carbonyl (C=O) groups excluding carboxylic acids is 2. The van der Waals surface area contributed by atoms with Gasteiger partial charge in [0.05, 0.1) is 5.92 Å². The highest BCUT2D eigenvalue weighted by atomic mass is 35.5. The van der Waals surface area contributed by atoms with Gasteiger partial charge in [-0.15, -0.1) is 0 Å². The number of carbonyl (C=O) groups is 2. The minimum Gasteiger partial charge on any atom is -0.352 e. The Bertz CT molecular complexity index is 777. The summed E-state index contributed by atoms with van der Waals surface area (Å²) >= 11 is 5.86. The number of benzene rings is 2. The van der Waals surface area contributed by atoms with E-state index in [1.807, 2.05) is 0 Å². The summed E-state index contributed by atoms with van der Waals surface area (Å²) in [7, 11) is 0. The number of piperidine rings is 1. The number of rotatable bonds is 4. The molecule has 1 aliphatic heterocycles. The summed E-state index contributed by atoms with van der Waals surface area (Å²) in [6.45, 7) is 1.39. The number of amides is 2. The second-order valence-corrected chi connectivity index (χ2v) is 6.88. The molecule has 26 heavy (non-hydrogen) atoms. The normalized spacial score (nSPS) is 17.0. The molecule has 2 aromatic carbocycles. The fourth-order valence-corrected chi connectivity index (χ4v) is 3.21. The molecule has 0 aliphatic carbocycles. The second kappa shape index (κ2) is 8.32. The lowest BCUT2D eigenvalue weighted by molar-refractivity contribution is -0.126. The van der Waals surface area contributed by atoms with Gasteiger partial charge in [0.2, 0.25) is 5.91 Å². The first-order valence-corrected chi connectivity index (χ1v) is 8.98. The maximum Gasteiger partial charge on any atom is 0.253 e. The van der Waals surface area contributed by atoms with Crippen molar-refractivity contribution in [1.29, 1.82) is 0 Å². The number of hydrogen-bond donors (Lipinski definition) is 1.